The molecule has 1 aliphatic heterocycles. The minimum absolute atomic E-state index is 0.0742. The van der Waals surface area contributed by atoms with Crippen LogP contribution in [0.25, 0.3) is 0 Å². The molecule has 7 nitrogen and oxygen atoms in total. The Bertz CT molecular complexity index is 973. The Hall–Kier alpha value is -1.95. The van der Waals surface area contributed by atoms with E-state index in [1.165, 1.54) is 41.7 Å². The molecule has 30 heavy (non-hydrogen) atoms. The van der Waals surface area contributed by atoms with Crippen LogP contribution in [-0.2, 0) is 39.1 Å². The van der Waals surface area contributed by atoms with E-state index in [0.717, 1.165) is 12.1 Å². The number of benzene rings is 1. The summed E-state index contributed by atoms with van der Waals surface area (Å²) in [5.41, 5.74) is -0.259. The van der Waals surface area contributed by atoms with Gasteiger partial charge in [-0.25, -0.2) is 13.4 Å². The molecule has 0 saturated carbocycles. The predicted octanol–water partition coefficient (Wildman–Crippen LogP) is 2.54. The van der Waals surface area contributed by atoms with Crippen molar-refractivity contribution in [2.24, 2.45) is 18.9 Å². The first-order valence-electron chi connectivity index (χ1n) is 9.26. The summed E-state index contributed by atoms with van der Waals surface area (Å²) in [6.45, 7) is 0.248. The van der Waals surface area contributed by atoms with Crippen LogP contribution in [-0.4, -0.2) is 55.9 Å². The molecule has 1 aliphatic rings. The number of aromatic nitrogens is 2. The van der Waals surface area contributed by atoms with E-state index in [1.54, 1.807) is 13.1 Å². The second-order valence-electron chi connectivity index (χ2n) is 7.37. The molecule has 2 heterocycles. The first-order valence-corrected chi connectivity index (χ1v) is 10.7. The number of sulfonamides is 1. The highest BCUT2D eigenvalue weighted by atomic mass is 32.2. The number of nitrogens with zero attached hydrogens (tertiary/aromatic N) is 3. The third-order valence-electron chi connectivity index (χ3n) is 5.31. The van der Waals surface area contributed by atoms with Crippen molar-refractivity contribution >= 4 is 10.0 Å². The van der Waals surface area contributed by atoms with Crippen LogP contribution in [0.15, 0.2) is 41.8 Å². The lowest BCUT2D eigenvalue weighted by Gasteiger charge is -2.25. The highest BCUT2D eigenvalue weighted by Crippen LogP contribution is 2.35. The summed E-state index contributed by atoms with van der Waals surface area (Å²) in [6, 6.07) is 5.08. The number of hydrogen-bond acceptors (Lipinski definition) is 5. The standard InChI is InChI=1S/C19H24F3N3O4S/c1-24-11-17(23-12-24)30(26,27)25-9-14(16(10-25)18(28-2)29-3)7-13-5-4-6-15(8-13)19(20,21)22/h4-6,8,11-12,14,16,18H,7,9-10H2,1-3H3. The van der Waals surface area contributed by atoms with Gasteiger partial charge in [-0.1, -0.05) is 18.2 Å². The zero-order valence-electron chi connectivity index (χ0n) is 16.8. The largest absolute Gasteiger partial charge is 0.416 e. The smallest absolute Gasteiger partial charge is 0.356 e. The number of hydrogen-bond donors (Lipinski definition) is 0. The van der Waals surface area contributed by atoms with Gasteiger partial charge in [-0.2, -0.15) is 17.5 Å². The van der Waals surface area contributed by atoms with E-state index in [2.05, 4.69) is 4.98 Å². The molecule has 0 spiro atoms. The fraction of sp³-hybridized carbons (Fsp3) is 0.526. The van der Waals surface area contributed by atoms with Crippen molar-refractivity contribution < 1.29 is 31.1 Å². The Morgan fingerprint density at radius 1 is 1.23 bits per heavy atom. The predicted molar refractivity (Wildman–Crippen MR) is 102 cm³/mol. The zero-order chi connectivity index (χ0) is 22.1. The topological polar surface area (TPSA) is 73.7 Å². The van der Waals surface area contributed by atoms with Crippen molar-refractivity contribution in [3.63, 3.8) is 0 Å². The normalized spacial score (nSPS) is 20.9. The molecule has 1 fully saturated rings. The molecule has 0 aliphatic carbocycles. The van der Waals surface area contributed by atoms with Crippen molar-refractivity contribution in [3.8, 4) is 0 Å². The molecule has 0 N–H and O–H groups in total. The Balaban J connectivity index is 1.88. The van der Waals surface area contributed by atoms with Crippen LogP contribution >= 0.6 is 0 Å². The number of halogens is 3. The zero-order valence-corrected chi connectivity index (χ0v) is 17.7. The Labute approximate surface area is 173 Å². The van der Waals surface area contributed by atoms with Crippen molar-refractivity contribution in [1.82, 2.24) is 13.9 Å². The molecule has 2 atom stereocenters. The summed E-state index contributed by atoms with van der Waals surface area (Å²) in [5, 5.41) is -0.0742. The molecule has 0 amide bonds. The first kappa shape index (κ1) is 22.7. The summed E-state index contributed by atoms with van der Waals surface area (Å²) in [5.74, 6) is -0.648. The number of aryl methyl sites for hydroxylation is 1. The van der Waals surface area contributed by atoms with Gasteiger partial charge in [0.25, 0.3) is 10.0 Å². The summed E-state index contributed by atoms with van der Waals surface area (Å²) < 4.78 is 78.7. The fourth-order valence-corrected chi connectivity index (χ4v) is 5.35. The SMILES string of the molecule is COC(OC)C1CN(S(=O)(=O)c2cn(C)cn2)CC1Cc1cccc(C(F)(F)F)c1. The van der Waals surface area contributed by atoms with E-state index in [0.29, 0.717) is 5.56 Å². The number of ether oxygens (including phenoxy) is 2. The van der Waals surface area contributed by atoms with E-state index in [9.17, 15) is 21.6 Å². The molecule has 0 bridgehead atoms. The molecular formula is C19H24F3N3O4S. The van der Waals surface area contributed by atoms with Gasteiger partial charge in [0.05, 0.1) is 11.9 Å². The second-order valence-corrected chi connectivity index (χ2v) is 9.25. The summed E-state index contributed by atoms with van der Waals surface area (Å²) in [6.07, 6.45) is -2.07. The molecule has 0 radical (unpaired) electrons. The van der Waals surface area contributed by atoms with Crippen molar-refractivity contribution in [2.75, 3.05) is 27.3 Å². The van der Waals surface area contributed by atoms with Crippen molar-refractivity contribution in [3.05, 3.63) is 47.9 Å². The molecule has 1 saturated heterocycles. The number of imidazole rings is 1. The van der Waals surface area contributed by atoms with Crippen LogP contribution in [0.2, 0.25) is 0 Å². The molecule has 1 aromatic carbocycles. The van der Waals surface area contributed by atoms with Crippen molar-refractivity contribution in [2.45, 2.75) is 23.9 Å². The minimum Gasteiger partial charge on any atom is -0.356 e. The Kier molecular flexibility index (Phi) is 6.56. The average Bonchev–Trinajstić information content (AvgIpc) is 3.30. The van der Waals surface area contributed by atoms with Crippen LogP contribution in [0.3, 0.4) is 0 Å². The van der Waals surface area contributed by atoms with E-state index < -0.39 is 28.1 Å². The Morgan fingerprint density at radius 2 is 1.93 bits per heavy atom. The second kappa shape index (κ2) is 8.66. The maximum Gasteiger partial charge on any atom is 0.416 e. The van der Waals surface area contributed by atoms with Gasteiger partial charge >= 0.3 is 6.18 Å². The molecule has 1 aromatic heterocycles. The van der Waals surface area contributed by atoms with Gasteiger partial charge in [-0.3, -0.25) is 0 Å². The number of alkyl halides is 3. The maximum absolute atomic E-state index is 13.1. The van der Waals surface area contributed by atoms with Crippen molar-refractivity contribution in [1.29, 1.82) is 0 Å². The lowest BCUT2D eigenvalue weighted by Crippen LogP contribution is -2.33. The highest BCUT2D eigenvalue weighted by Gasteiger charge is 2.44. The molecular weight excluding hydrogens is 423 g/mol. The highest BCUT2D eigenvalue weighted by molar-refractivity contribution is 7.89. The van der Waals surface area contributed by atoms with E-state index in [4.69, 9.17) is 9.47 Å². The van der Waals surface area contributed by atoms with Crippen LogP contribution < -0.4 is 0 Å². The third kappa shape index (κ3) is 4.69. The maximum atomic E-state index is 13.1. The van der Waals surface area contributed by atoms with Crippen LogP contribution in [0.1, 0.15) is 11.1 Å². The number of rotatable bonds is 7. The van der Waals surface area contributed by atoms with Gasteiger partial charge in [0, 0.05) is 46.5 Å². The summed E-state index contributed by atoms with van der Waals surface area (Å²) in [4.78, 5) is 3.94. The molecule has 2 unspecified atom stereocenters. The third-order valence-corrected chi connectivity index (χ3v) is 7.03. The summed E-state index contributed by atoms with van der Waals surface area (Å²) in [7, 11) is 0.720. The van der Waals surface area contributed by atoms with Gasteiger partial charge in [0.1, 0.15) is 0 Å². The van der Waals surface area contributed by atoms with Crippen LogP contribution in [0.5, 0.6) is 0 Å². The number of methoxy groups -OCH3 is 2. The van der Waals surface area contributed by atoms with Gasteiger partial charge in [0.15, 0.2) is 11.3 Å². The van der Waals surface area contributed by atoms with Gasteiger partial charge in [-0.15, -0.1) is 0 Å². The molecule has 166 valence electrons. The van der Waals surface area contributed by atoms with Crippen LogP contribution in [0, 0.1) is 11.8 Å². The Morgan fingerprint density at radius 3 is 2.50 bits per heavy atom. The summed E-state index contributed by atoms with van der Waals surface area (Å²) >= 11 is 0. The fourth-order valence-electron chi connectivity index (χ4n) is 3.85. The minimum atomic E-state index is -4.44. The average molecular weight is 447 g/mol. The lowest BCUT2D eigenvalue weighted by molar-refractivity contribution is -0.141. The quantitative estimate of drug-likeness (QED) is 0.610. The molecule has 11 heteroatoms. The van der Waals surface area contributed by atoms with E-state index >= 15 is 0 Å². The van der Waals surface area contributed by atoms with E-state index in [1.807, 2.05) is 0 Å². The molecule has 2 aromatic rings. The van der Waals surface area contributed by atoms with Gasteiger partial charge < -0.3 is 14.0 Å². The lowest BCUT2D eigenvalue weighted by atomic mass is 9.88. The van der Waals surface area contributed by atoms with Gasteiger partial charge in [0.2, 0.25) is 0 Å². The molecule has 3 rings (SSSR count). The first-order chi connectivity index (χ1) is 14.1. The van der Waals surface area contributed by atoms with E-state index in [-0.39, 0.29) is 36.4 Å². The monoisotopic (exact) mass is 447 g/mol. The van der Waals surface area contributed by atoms with Gasteiger partial charge in [-0.05, 0) is 24.0 Å². The van der Waals surface area contributed by atoms with Crippen LogP contribution in [0.4, 0.5) is 13.2 Å².